The molecule has 0 unspecified atom stereocenters. The molecule has 0 bridgehead atoms. The van der Waals surface area contributed by atoms with Crippen LogP contribution in [0, 0.1) is 21.0 Å². The molecule has 32 heavy (non-hydrogen) atoms. The third kappa shape index (κ3) is 4.55. The zero-order chi connectivity index (χ0) is 23.0. The van der Waals surface area contributed by atoms with Gasteiger partial charge in [-0.05, 0) is 94.4 Å². The molecule has 0 aliphatic carbocycles. The molecule has 0 aliphatic heterocycles. The average Bonchev–Trinajstić information content (AvgIpc) is 3.25. The van der Waals surface area contributed by atoms with E-state index < -0.39 is 5.92 Å². The SMILES string of the molecule is Cc1[nH][nH]c(=O)c1C(c1cc(I)c(OCc2ccc(Cl)cc2)c(I)c1)c1c(C)[nH][nH]c1=O. The Balaban J connectivity index is 1.77. The van der Waals surface area contributed by atoms with Gasteiger partial charge in [-0.25, -0.2) is 0 Å². The third-order valence-electron chi connectivity index (χ3n) is 5.25. The summed E-state index contributed by atoms with van der Waals surface area (Å²) in [6.07, 6.45) is 0. The predicted molar refractivity (Wildman–Crippen MR) is 141 cm³/mol. The summed E-state index contributed by atoms with van der Waals surface area (Å²) < 4.78 is 7.87. The first-order chi connectivity index (χ1) is 15.3. The molecule has 2 heterocycles. The summed E-state index contributed by atoms with van der Waals surface area (Å²) in [4.78, 5) is 25.3. The van der Waals surface area contributed by atoms with Crippen molar-refractivity contribution in [1.82, 2.24) is 20.4 Å². The van der Waals surface area contributed by atoms with Crippen LogP contribution in [0.1, 0.15) is 39.6 Å². The molecule has 166 valence electrons. The Bertz CT molecular complexity index is 1310. The Hall–Kier alpha value is -1.99. The Morgan fingerprint density at radius 2 is 1.38 bits per heavy atom. The number of rotatable bonds is 6. The van der Waals surface area contributed by atoms with Crippen LogP contribution in [-0.2, 0) is 6.61 Å². The van der Waals surface area contributed by atoms with E-state index in [-0.39, 0.29) is 11.1 Å². The number of aryl methyl sites for hydroxylation is 2. The van der Waals surface area contributed by atoms with Crippen molar-refractivity contribution in [3.8, 4) is 5.75 Å². The monoisotopic (exact) mass is 676 g/mol. The summed E-state index contributed by atoms with van der Waals surface area (Å²) >= 11 is 10.4. The Morgan fingerprint density at radius 1 is 0.875 bits per heavy atom. The van der Waals surface area contributed by atoms with Crippen LogP contribution in [0.25, 0.3) is 0 Å². The van der Waals surface area contributed by atoms with Gasteiger partial charge in [-0.3, -0.25) is 19.8 Å². The molecule has 0 aliphatic rings. The highest BCUT2D eigenvalue weighted by molar-refractivity contribution is 14.1. The number of halogens is 3. The fraction of sp³-hybridized carbons (Fsp3) is 0.182. The highest BCUT2D eigenvalue weighted by atomic mass is 127. The molecule has 0 spiro atoms. The van der Waals surface area contributed by atoms with Crippen molar-refractivity contribution in [2.24, 2.45) is 0 Å². The molecule has 0 radical (unpaired) electrons. The summed E-state index contributed by atoms with van der Waals surface area (Å²) in [5.41, 5.74) is 3.74. The second-order valence-electron chi connectivity index (χ2n) is 7.40. The lowest BCUT2D eigenvalue weighted by molar-refractivity contribution is 0.301. The largest absolute Gasteiger partial charge is 0.487 e. The Morgan fingerprint density at radius 3 is 1.81 bits per heavy atom. The summed E-state index contributed by atoms with van der Waals surface area (Å²) in [6.45, 7) is 4.03. The van der Waals surface area contributed by atoms with Gasteiger partial charge in [0.1, 0.15) is 12.4 Å². The molecular weight excluding hydrogens is 658 g/mol. The summed E-state index contributed by atoms with van der Waals surface area (Å²) in [7, 11) is 0. The van der Waals surface area contributed by atoms with Gasteiger partial charge in [-0.1, -0.05) is 23.7 Å². The lowest BCUT2D eigenvalue weighted by atomic mass is 9.85. The first-order valence-corrected chi connectivity index (χ1v) is 12.2. The topological polar surface area (TPSA) is 107 Å². The van der Waals surface area contributed by atoms with Crippen molar-refractivity contribution in [3.05, 3.63) is 103 Å². The van der Waals surface area contributed by atoms with Gasteiger partial charge in [0.25, 0.3) is 11.1 Å². The quantitative estimate of drug-likeness (QED) is 0.217. The molecule has 4 rings (SSSR count). The highest BCUT2D eigenvalue weighted by Gasteiger charge is 2.29. The minimum atomic E-state index is -0.535. The van der Waals surface area contributed by atoms with E-state index in [0.29, 0.717) is 34.1 Å². The molecule has 0 amide bonds. The molecule has 10 heteroatoms. The van der Waals surface area contributed by atoms with Crippen LogP contribution in [0.15, 0.2) is 46.0 Å². The van der Waals surface area contributed by atoms with E-state index in [9.17, 15) is 9.59 Å². The van der Waals surface area contributed by atoms with Crippen LogP contribution in [0.4, 0.5) is 0 Å². The fourth-order valence-corrected chi connectivity index (χ4v) is 5.96. The van der Waals surface area contributed by atoms with Gasteiger partial charge in [0.2, 0.25) is 0 Å². The molecule has 4 N–H and O–H groups in total. The average molecular weight is 677 g/mol. The maximum atomic E-state index is 12.6. The number of hydrogen-bond donors (Lipinski definition) is 4. The van der Waals surface area contributed by atoms with Gasteiger partial charge in [-0.15, -0.1) is 0 Å². The maximum absolute atomic E-state index is 12.6. The van der Waals surface area contributed by atoms with Crippen molar-refractivity contribution in [1.29, 1.82) is 0 Å². The van der Waals surface area contributed by atoms with E-state index in [1.807, 2.05) is 50.2 Å². The van der Waals surface area contributed by atoms with Crippen LogP contribution in [0.5, 0.6) is 5.75 Å². The standard InChI is InChI=1S/C22H19ClI2N4O3/c1-10-17(21(30)28-26-10)19(18-11(2)27-29-22(18)31)13-7-15(24)20(16(25)8-13)32-9-12-3-5-14(23)6-4-12/h3-8,19H,9H2,1-2H3,(H2,26,28,30)(H2,27,29,31). The molecule has 0 saturated heterocycles. The molecular formula is C22H19ClI2N4O3. The van der Waals surface area contributed by atoms with Crippen LogP contribution in [0.3, 0.4) is 0 Å². The number of ether oxygens (including phenoxy) is 1. The Kier molecular flexibility index (Phi) is 6.86. The lowest BCUT2D eigenvalue weighted by Gasteiger charge is -2.19. The summed E-state index contributed by atoms with van der Waals surface area (Å²) in [5, 5.41) is 11.7. The number of aromatic amines is 4. The number of H-pyrrole nitrogens is 4. The summed E-state index contributed by atoms with van der Waals surface area (Å²) in [6, 6.07) is 11.4. The number of benzene rings is 2. The molecule has 4 aromatic rings. The third-order valence-corrected chi connectivity index (χ3v) is 7.11. The van der Waals surface area contributed by atoms with Gasteiger partial charge in [0, 0.05) is 22.3 Å². The van der Waals surface area contributed by atoms with Gasteiger partial charge < -0.3 is 14.9 Å². The van der Waals surface area contributed by atoms with Crippen molar-refractivity contribution in [2.75, 3.05) is 0 Å². The predicted octanol–water partition coefficient (Wildman–Crippen LogP) is 4.96. The zero-order valence-corrected chi connectivity index (χ0v) is 22.2. The van der Waals surface area contributed by atoms with Crippen LogP contribution < -0.4 is 15.9 Å². The van der Waals surface area contributed by atoms with Gasteiger partial charge in [0.05, 0.1) is 18.3 Å². The second kappa shape index (κ2) is 9.48. The van der Waals surface area contributed by atoms with E-state index in [2.05, 4.69) is 65.6 Å². The second-order valence-corrected chi connectivity index (χ2v) is 10.2. The van der Waals surface area contributed by atoms with E-state index in [1.165, 1.54) is 0 Å². The normalized spacial score (nSPS) is 11.3. The highest BCUT2D eigenvalue weighted by Crippen LogP contribution is 2.37. The molecule has 2 aromatic heterocycles. The lowest BCUT2D eigenvalue weighted by Crippen LogP contribution is -2.20. The molecule has 0 saturated carbocycles. The van der Waals surface area contributed by atoms with Crippen molar-refractivity contribution in [2.45, 2.75) is 26.4 Å². The van der Waals surface area contributed by atoms with Crippen LogP contribution in [0.2, 0.25) is 5.02 Å². The smallest absolute Gasteiger partial charge is 0.268 e. The first kappa shape index (κ1) is 23.2. The van der Waals surface area contributed by atoms with Gasteiger partial charge >= 0.3 is 0 Å². The first-order valence-electron chi connectivity index (χ1n) is 9.66. The molecule has 0 fully saturated rings. The zero-order valence-electron chi connectivity index (χ0n) is 17.1. The number of hydrogen-bond acceptors (Lipinski definition) is 3. The molecule has 7 nitrogen and oxygen atoms in total. The van der Waals surface area contributed by atoms with Crippen LogP contribution >= 0.6 is 56.8 Å². The van der Waals surface area contributed by atoms with Crippen molar-refractivity contribution < 1.29 is 4.74 Å². The summed E-state index contributed by atoms with van der Waals surface area (Å²) in [5.74, 6) is 0.218. The fourth-order valence-electron chi connectivity index (χ4n) is 3.70. The van der Waals surface area contributed by atoms with Gasteiger partial charge in [0.15, 0.2) is 0 Å². The minimum absolute atomic E-state index is 0.249. The van der Waals surface area contributed by atoms with Crippen LogP contribution in [-0.4, -0.2) is 20.4 Å². The Labute approximate surface area is 215 Å². The van der Waals surface area contributed by atoms with Crippen molar-refractivity contribution in [3.63, 3.8) is 0 Å². The minimum Gasteiger partial charge on any atom is -0.487 e. The van der Waals surface area contributed by atoms with E-state index in [0.717, 1.165) is 24.0 Å². The van der Waals surface area contributed by atoms with Gasteiger partial charge in [-0.2, -0.15) is 0 Å². The van der Waals surface area contributed by atoms with E-state index in [4.69, 9.17) is 16.3 Å². The number of aromatic nitrogens is 4. The number of nitrogens with one attached hydrogen (secondary N) is 4. The molecule has 2 aromatic carbocycles. The van der Waals surface area contributed by atoms with E-state index in [1.54, 1.807) is 0 Å². The molecule has 0 atom stereocenters. The van der Waals surface area contributed by atoms with Crippen molar-refractivity contribution >= 4 is 56.8 Å². The maximum Gasteiger partial charge on any atom is 0.268 e. The van der Waals surface area contributed by atoms with E-state index >= 15 is 0 Å².